The molecule has 1 aliphatic carbocycles. The first-order valence-corrected chi connectivity index (χ1v) is 9.92. The first-order valence-electron chi connectivity index (χ1n) is 9.04. The van der Waals surface area contributed by atoms with Gasteiger partial charge in [0, 0.05) is 10.9 Å². The van der Waals surface area contributed by atoms with E-state index in [9.17, 15) is 14.7 Å². The maximum absolute atomic E-state index is 12.5. The Balaban J connectivity index is 1.67. The average molecular weight is 372 g/mol. The molecule has 1 aromatic heterocycles. The van der Waals surface area contributed by atoms with Crippen molar-refractivity contribution in [2.24, 2.45) is 0 Å². The molecule has 1 aliphatic rings. The van der Waals surface area contributed by atoms with Gasteiger partial charge in [0.2, 0.25) is 5.91 Å². The summed E-state index contributed by atoms with van der Waals surface area (Å²) in [6.07, 6.45) is 4.83. The highest BCUT2D eigenvalue weighted by atomic mass is 32.1. The van der Waals surface area contributed by atoms with E-state index < -0.39 is 11.5 Å². The third-order valence-corrected chi connectivity index (χ3v) is 5.88. The topological polar surface area (TPSA) is 79.3 Å². The number of aromatic nitrogens is 1. The summed E-state index contributed by atoms with van der Waals surface area (Å²) in [7, 11) is 0. The predicted molar refractivity (Wildman–Crippen MR) is 102 cm³/mol. The highest BCUT2D eigenvalue weighted by molar-refractivity contribution is 7.13. The van der Waals surface area contributed by atoms with E-state index in [4.69, 9.17) is 0 Å². The van der Waals surface area contributed by atoms with Gasteiger partial charge in [-0.15, -0.1) is 11.3 Å². The van der Waals surface area contributed by atoms with Crippen LogP contribution >= 0.6 is 11.3 Å². The first-order chi connectivity index (χ1) is 12.5. The van der Waals surface area contributed by atoms with Crippen molar-refractivity contribution in [2.45, 2.75) is 57.4 Å². The molecule has 2 aromatic rings. The number of carboxylic acid groups (broad SMARTS) is 1. The fraction of sp³-hybridized carbons (Fsp3) is 0.450. The zero-order valence-electron chi connectivity index (χ0n) is 15.0. The van der Waals surface area contributed by atoms with Crippen molar-refractivity contribution >= 4 is 23.2 Å². The number of carboxylic acids is 1. The number of thiazole rings is 1. The van der Waals surface area contributed by atoms with Gasteiger partial charge in [0.1, 0.15) is 10.5 Å². The van der Waals surface area contributed by atoms with E-state index in [-0.39, 0.29) is 12.3 Å². The largest absolute Gasteiger partial charge is 0.480 e. The van der Waals surface area contributed by atoms with E-state index in [2.05, 4.69) is 10.3 Å². The van der Waals surface area contributed by atoms with Gasteiger partial charge in [-0.25, -0.2) is 9.78 Å². The molecule has 3 rings (SSSR count). The fourth-order valence-corrected chi connectivity index (χ4v) is 4.24. The van der Waals surface area contributed by atoms with Gasteiger partial charge in [-0.1, -0.05) is 55.5 Å². The van der Waals surface area contributed by atoms with Gasteiger partial charge in [-0.3, -0.25) is 4.79 Å². The minimum atomic E-state index is -1.12. The highest BCUT2D eigenvalue weighted by Gasteiger charge is 2.40. The minimum absolute atomic E-state index is 0.109. The van der Waals surface area contributed by atoms with Gasteiger partial charge in [-0.2, -0.15) is 0 Å². The lowest BCUT2D eigenvalue weighted by molar-refractivity contribution is -0.148. The van der Waals surface area contributed by atoms with Crippen LogP contribution in [0.15, 0.2) is 29.6 Å². The lowest BCUT2D eigenvalue weighted by Gasteiger charge is -2.29. The number of amides is 1. The van der Waals surface area contributed by atoms with E-state index >= 15 is 0 Å². The summed E-state index contributed by atoms with van der Waals surface area (Å²) in [5.41, 5.74) is 1.77. The van der Waals surface area contributed by atoms with Crippen LogP contribution in [0.2, 0.25) is 0 Å². The second-order valence-corrected chi connectivity index (χ2v) is 7.89. The van der Waals surface area contributed by atoms with Crippen molar-refractivity contribution in [3.63, 3.8) is 0 Å². The smallest absolute Gasteiger partial charge is 0.329 e. The Hall–Kier alpha value is -2.21. The van der Waals surface area contributed by atoms with Crippen molar-refractivity contribution < 1.29 is 14.7 Å². The van der Waals surface area contributed by atoms with Gasteiger partial charge < -0.3 is 10.4 Å². The molecule has 1 aromatic carbocycles. The molecular weight excluding hydrogens is 348 g/mol. The van der Waals surface area contributed by atoms with Crippen molar-refractivity contribution in [1.29, 1.82) is 0 Å². The van der Waals surface area contributed by atoms with Crippen LogP contribution in [0, 0.1) is 6.92 Å². The molecule has 1 fully saturated rings. The van der Waals surface area contributed by atoms with E-state index in [1.165, 1.54) is 16.9 Å². The van der Waals surface area contributed by atoms with Crippen LogP contribution in [0.3, 0.4) is 0 Å². The molecule has 0 spiro atoms. The zero-order valence-corrected chi connectivity index (χ0v) is 15.8. The monoisotopic (exact) mass is 372 g/mol. The van der Waals surface area contributed by atoms with Crippen LogP contribution in [0.1, 0.15) is 49.8 Å². The summed E-state index contributed by atoms with van der Waals surface area (Å²) < 4.78 is 0. The Morgan fingerprint density at radius 1 is 1.15 bits per heavy atom. The Bertz CT molecular complexity index is 775. The molecule has 1 saturated carbocycles. The molecule has 0 radical (unpaired) electrons. The Kier molecular flexibility index (Phi) is 5.71. The van der Waals surface area contributed by atoms with E-state index in [0.717, 1.165) is 36.3 Å². The van der Waals surface area contributed by atoms with Crippen molar-refractivity contribution in [3.8, 4) is 10.6 Å². The Morgan fingerprint density at radius 2 is 1.81 bits per heavy atom. The van der Waals surface area contributed by atoms with E-state index in [0.29, 0.717) is 18.5 Å². The summed E-state index contributed by atoms with van der Waals surface area (Å²) in [6, 6.07) is 8.10. The maximum atomic E-state index is 12.5. The van der Waals surface area contributed by atoms with E-state index in [1.807, 2.05) is 36.6 Å². The third kappa shape index (κ3) is 4.30. The molecular formula is C20H24N2O3S. The molecule has 5 nitrogen and oxygen atoms in total. The lowest BCUT2D eigenvalue weighted by atomic mass is 9.90. The summed E-state index contributed by atoms with van der Waals surface area (Å²) in [4.78, 5) is 28.8. The van der Waals surface area contributed by atoms with Crippen LogP contribution in [0.25, 0.3) is 10.6 Å². The quantitative estimate of drug-likeness (QED) is 0.779. The molecule has 0 unspecified atom stereocenters. The van der Waals surface area contributed by atoms with Crippen LogP contribution in [-0.4, -0.2) is 27.5 Å². The summed E-state index contributed by atoms with van der Waals surface area (Å²) in [5.74, 6) is -1.19. The van der Waals surface area contributed by atoms with Gasteiger partial charge in [0.15, 0.2) is 0 Å². The molecule has 1 amide bonds. The SMILES string of the molecule is Cc1ccc(-c2nc(CC(=O)NC3(C(=O)O)CCCCCC3)cs2)cc1. The maximum Gasteiger partial charge on any atom is 0.329 e. The number of carbonyl (C=O) groups is 2. The molecule has 26 heavy (non-hydrogen) atoms. The molecule has 0 atom stereocenters. The van der Waals surface area contributed by atoms with Gasteiger partial charge in [0.25, 0.3) is 0 Å². The number of nitrogens with one attached hydrogen (secondary N) is 1. The van der Waals surface area contributed by atoms with Crippen molar-refractivity contribution in [3.05, 3.63) is 40.9 Å². The molecule has 138 valence electrons. The minimum Gasteiger partial charge on any atom is -0.480 e. The number of benzene rings is 1. The highest BCUT2D eigenvalue weighted by Crippen LogP contribution is 2.28. The number of aryl methyl sites for hydroxylation is 1. The number of hydrogen-bond donors (Lipinski definition) is 2. The average Bonchev–Trinajstić information content (AvgIpc) is 2.92. The van der Waals surface area contributed by atoms with Crippen molar-refractivity contribution in [2.75, 3.05) is 0 Å². The summed E-state index contributed by atoms with van der Waals surface area (Å²) in [6.45, 7) is 2.03. The molecule has 0 bridgehead atoms. The van der Waals surface area contributed by atoms with Gasteiger partial charge in [-0.05, 0) is 19.8 Å². The molecule has 6 heteroatoms. The molecule has 0 saturated heterocycles. The number of carbonyl (C=O) groups excluding carboxylic acids is 1. The van der Waals surface area contributed by atoms with Crippen LogP contribution in [0.5, 0.6) is 0 Å². The fourth-order valence-electron chi connectivity index (χ4n) is 3.42. The Labute approximate surface area is 157 Å². The standard InChI is InChI=1S/C20H24N2O3S/c1-14-6-8-15(9-7-14)18-21-16(13-26-18)12-17(23)22-20(19(24)25)10-4-2-3-5-11-20/h6-9,13H,2-5,10-12H2,1H3,(H,22,23)(H,24,25). The molecule has 1 heterocycles. The van der Waals surface area contributed by atoms with Crippen LogP contribution < -0.4 is 5.32 Å². The van der Waals surface area contributed by atoms with Gasteiger partial charge in [0.05, 0.1) is 12.1 Å². The molecule has 0 aliphatic heterocycles. The second kappa shape index (κ2) is 7.99. The Morgan fingerprint density at radius 3 is 2.42 bits per heavy atom. The number of nitrogens with zero attached hydrogens (tertiary/aromatic N) is 1. The van der Waals surface area contributed by atoms with Crippen molar-refractivity contribution in [1.82, 2.24) is 10.3 Å². The van der Waals surface area contributed by atoms with Crippen LogP contribution in [-0.2, 0) is 16.0 Å². The normalized spacial score (nSPS) is 16.7. The van der Waals surface area contributed by atoms with Crippen LogP contribution in [0.4, 0.5) is 0 Å². The van der Waals surface area contributed by atoms with Gasteiger partial charge >= 0.3 is 5.97 Å². The van der Waals surface area contributed by atoms with E-state index in [1.54, 1.807) is 0 Å². The zero-order chi connectivity index (χ0) is 18.6. The summed E-state index contributed by atoms with van der Waals surface area (Å²) in [5, 5.41) is 15.2. The number of rotatable bonds is 5. The number of hydrogen-bond acceptors (Lipinski definition) is 4. The second-order valence-electron chi connectivity index (χ2n) is 7.04. The molecule has 2 N–H and O–H groups in total. The lowest BCUT2D eigenvalue weighted by Crippen LogP contribution is -2.54. The first kappa shape index (κ1) is 18.6. The number of aliphatic carboxylic acids is 1. The predicted octanol–water partition coefficient (Wildman–Crippen LogP) is 3.95. The summed E-state index contributed by atoms with van der Waals surface area (Å²) >= 11 is 1.50. The third-order valence-electron chi connectivity index (χ3n) is 4.94.